The molecule has 7 aromatic carbocycles. The molecule has 1 unspecified atom stereocenters. The van der Waals surface area contributed by atoms with Gasteiger partial charge in [-0.1, -0.05) is 203 Å². The van der Waals surface area contributed by atoms with Gasteiger partial charge in [0.25, 0.3) is 0 Å². The number of hydrogen-bond donors (Lipinski definition) is 0. The van der Waals surface area contributed by atoms with E-state index in [1.54, 1.807) is 0 Å². The summed E-state index contributed by atoms with van der Waals surface area (Å²) in [6.45, 7) is 36.4. The Kier molecular flexibility index (Phi) is 10.8. The van der Waals surface area contributed by atoms with Gasteiger partial charge >= 0.3 is 0 Å². The number of aryl methyl sites for hydroxylation is 3. The van der Waals surface area contributed by atoms with Crippen molar-refractivity contribution < 1.29 is 0 Å². The van der Waals surface area contributed by atoms with E-state index in [4.69, 9.17) is 0 Å². The maximum atomic E-state index is 2.73. The van der Waals surface area contributed by atoms with E-state index in [9.17, 15) is 0 Å². The molecule has 0 fully saturated rings. The Morgan fingerprint density at radius 1 is 0.485 bits per heavy atom. The lowest BCUT2D eigenvalue weighted by molar-refractivity contribution is 0.332. The van der Waals surface area contributed by atoms with Gasteiger partial charge < -0.3 is 4.90 Å². The number of nitrogens with zero attached hydrogens (tertiary/aromatic N) is 1. The van der Waals surface area contributed by atoms with Crippen LogP contribution in [-0.4, -0.2) is 6.71 Å². The Morgan fingerprint density at radius 3 is 1.68 bits per heavy atom. The van der Waals surface area contributed by atoms with Crippen LogP contribution in [0, 0.1) is 20.8 Å². The Hall–Kier alpha value is -5.60. The molecule has 3 aliphatic rings. The standard InChI is InChI=1S/C66H74BN/c1-41-32-43(3)61-60(33-41)68(58-29-27-48(62(5,6)7)36-51(58)46-24-20-17-21-25-46)59-28-26-47(45-22-18-16-19-23-45)35-57(59)67(61)56-39-55-53(63(8,9)30-31-64(55,10)11)38-50(56)44(4)49-37-54-52(34-42(49)2)65(12,13)40-66(54,14)15/h16-29,32-39,44H,30-31,40H2,1-15H3. The van der Waals surface area contributed by atoms with Gasteiger partial charge in [-0.3, -0.25) is 0 Å². The van der Waals surface area contributed by atoms with Crippen LogP contribution in [0.25, 0.3) is 22.3 Å². The van der Waals surface area contributed by atoms with Gasteiger partial charge in [0.2, 0.25) is 6.71 Å². The Balaban J connectivity index is 1.31. The molecule has 0 saturated heterocycles. The molecule has 0 radical (unpaired) electrons. The van der Waals surface area contributed by atoms with Crippen LogP contribution in [0.1, 0.15) is 164 Å². The highest BCUT2D eigenvalue weighted by atomic mass is 15.2. The van der Waals surface area contributed by atoms with Gasteiger partial charge in [-0.15, -0.1) is 0 Å². The van der Waals surface area contributed by atoms with Gasteiger partial charge in [-0.05, 0) is 169 Å². The summed E-state index contributed by atoms with van der Waals surface area (Å²) in [6.07, 6.45) is 3.52. The number of rotatable bonds is 6. The zero-order chi connectivity index (χ0) is 48.5. The van der Waals surface area contributed by atoms with Gasteiger partial charge in [0.1, 0.15) is 0 Å². The maximum Gasteiger partial charge on any atom is 0.247 e. The minimum atomic E-state index is -0.0109. The van der Waals surface area contributed by atoms with Crippen molar-refractivity contribution >= 4 is 40.2 Å². The quantitative estimate of drug-likeness (QED) is 0.150. The number of anilines is 3. The van der Waals surface area contributed by atoms with Crippen LogP contribution in [0.5, 0.6) is 0 Å². The second-order valence-corrected chi connectivity index (χ2v) is 25.0. The first-order valence-corrected chi connectivity index (χ1v) is 25.6. The highest BCUT2D eigenvalue weighted by Crippen LogP contribution is 2.52. The molecule has 0 aromatic heterocycles. The molecule has 1 heterocycles. The van der Waals surface area contributed by atoms with E-state index in [2.05, 4.69) is 242 Å². The summed E-state index contributed by atoms with van der Waals surface area (Å²) in [7, 11) is 0. The topological polar surface area (TPSA) is 3.24 Å². The molecule has 1 aliphatic heterocycles. The molecule has 2 heteroatoms. The fourth-order valence-electron chi connectivity index (χ4n) is 13.3. The summed E-state index contributed by atoms with van der Waals surface area (Å²) in [4.78, 5) is 2.63. The van der Waals surface area contributed by atoms with E-state index >= 15 is 0 Å². The van der Waals surface area contributed by atoms with E-state index in [1.807, 2.05) is 0 Å². The molecule has 2 aliphatic carbocycles. The summed E-state index contributed by atoms with van der Waals surface area (Å²) in [5, 5.41) is 0. The maximum absolute atomic E-state index is 2.73. The van der Waals surface area contributed by atoms with Crippen LogP contribution in [0.4, 0.5) is 17.1 Å². The van der Waals surface area contributed by atoms with E-state index in [1.165, 1.54) is 131 Å². The lowest BCUT2D eigenvalue weighted by Crippen LogP contribution is -2.59. The highest BCUT2D eigenvalue weighted by Gasteiger charge is 2.45. The Bertz CT molecular complexity index is 3120. The summed E-state index contributed by atoms with van der Waals surface area (Å²) < 4.78 is 0. The van der Waals surface area contributed by atoms with Crippen molar-refractivity contribution in [1.29, 1.82) is 0 Å². The predicted octanol–water partition coefficient (Wildman–Crippen LogP) is 16.0. The largest absolute Gasteiger partial charge is 0.311 e. The third-order valence-corrected chi connectivity index (χ3v) is 17.0. The molecule has 7 aromatic rings. The summed E-state index contributed by atoms with van der Waals surface area (Å²) in [5.74, 6) is 0.170. The fourth-order valence-corrected chi connectivity index (χ4v) is 13.3. The van der Waals surface area contributed by atoms with Crippen LogP contribution >= 0.6 is 0 Å². The fraction of sp³-hybridized carbons (Fsp3) is 0.364. The van der Waals surface area contributed by atoms with Crippen molar-refractivity contribution in [2.24, 2.45) is 0 Å². The number of benzene rings is 7. The van der Waals surface area contributed by atoms with Crippen LogP contribution < -0.4 is 21.3 Å². The molecule has 0 saturated carbocycles. The van der Waals surface area contributed by atoms with Gasteiger partial charge in [0.15, 0.2) is 0 Å². The molecule has 346 valence electrons. The lowest BCUT2D eigenvalue weighted by atomic mass is 9.33. The third-order valence-electron chi connectivity index (χ3n) is 17.0. The molecule has 1 atom stereocenters. The van der Waals surface area contributed by atoms with Crippen molar-refractivity contribution in [3.8, 4) is 22.3 Å². The zero-order valence-electron chi connectivity index (χ0n) is 43.9. The monoisotopic (exact) mass is 892 g/mol. The molecular weight excluding hydrogens is 818 g/mol. The molecule has 0 bridgehead atoms. The molecule has 0 amide bonds. The molecular formula is C66H74BN. The normalized spacial score (nSPS) is 17.8. The Morgan fingerprint density at radius 2 is 1.04 bits per heavy atom. The average molecular weight is 892 g/mol. The van der Waals surface area contributed by atoms with Crippen molar-refractivity contribution in [3.05, 3.63) is 189 Å². The number of fused-ring (bicyclic) bond motifs is 4. The molecule has 0 spiro atoms. The third kappa shape index (κ3) is 7.61. The highest BCUT2D eigenvalue weighted by molar-refractivity contribution is 6.98. The van der Waals surface area contributed by atoms with Crippen molar-refractivity contribution in [1.82, 2.24) is 0 Å². The Labute approximate surface area is 410 Å². The van der Waals surface area contributed by atoms with Gasteiger partial charge in [0.05, 0.1) is 5.69 Å². The van der Waals surface area contributed by atoms with Crippen LogP contribution in [-0.2, 0) is 27.1 Å². The van der Waals surface area contributed by atoms with Crippen LogP contribution in [0.15, 0.2) is 133 Å². The lowest BCUT2D eigenvalue weighted by Gasteiger charge is -2.44. The molecule has 0 N–H and O–H groups in total. The van der Waals surface area contributed by atoms with Gasteiger partial charge in [-0.25, -0.2) is 0 Å². The first-order chi connectivity index (χ1) is 32.0. The minimum Gasteiger partial charge on any atom is -0.311 e. The first kappa shape index (κ1) is 46.1. The smallest absolute Gasteiger partial charge is 0.247 e. The van der Waals surface area contributed by atoms with E-state index in [-0.39, 0.29) is 39.7 Å². The van der Waals surface area contributed by atoms with Crippen LogP contribution in [0.2, 0.25) is 0 Å². The molecule has 68 heavy (non-hydrogen) atoms. The first-order valence-electron chi connectivity index (χ1n) is 25.6. The van der Waals surface area contributed by atoms with Gasteiger partial charge in [-0.2, -0.15) is 0 Å². The van der Waals surface area contributed by atoms with E-state index in [0.29, 0.717) is 0 Å². The summed E-state index contributed by atoms with van der Waals surface area (Å²) in [6, 6.07) is 52.3. The van der Waals surface area contributed by atoms with Crippen molar-refractivity contribution in [2.45, 2.75) is 156 Å². The average Bonchev–Trinajstić information content (AvgIpc) is 3.47. The van der Waals surface area contributed by atoms with Gasteiger partial charge in [0, 0.05) is 22.9 Å². The van der Waals surface area contributed by atoms with Crippen LogP contribution in [0.3, 0.4) is 0 Å². The summed E-state index contributed by atoms with van der Waals surface area (Å²) in [5.41, 5.74) is 27.7. The van der Waals surface area contributed by atoms with E-state index < -0.39 is 0 Å². The second-order valence-electron chi connectivity index (χ2n) is 25.0. The summed E-state index contributed by atoms with van der Waals surface area (Å²) >= 11 is 0. The van der Waals surface area contributed by atoms with E-state index in [0.717, 1.165) is 0 Å². The zero-order valence-corrected chi connectivity index (χ0v) is 43.9. The van der Waals surface area contributed by atoms with Crippen molar-refractivity contribution in [2.75, 3.05) is 4.90 Å². The predicted molar refractivity (Wildman–Crippen MR) is 296 cm³/mol. The minimum absolute atomic E-state index is 0.00629. The molecule has 1 nitrogen and oxygen atoms in total. The number of hydrogen-bond acceptors (Lipinski definition) is 1. The SMILES string of the molecule is Cc1cc(C)c2c(c1)N(c1ccc(C(C)(C)C)cc1-c1ccccc1)c1ccc(-c3ccccc3)cc1B2c1cc2c(cc1C(C)c1cc3c(cc1C)C(C)(C)CC3(C)C)C(C)(C)CCC2(C)C. The molecule has 10 rings (SSSR count). The van der Waals surface area contributed by atoms with Crippen molar-refractivity contribution in [3.63, 3.8) is 0 Å². The second kappa shape index (κ2) is 16.0.